The lowest BCUT2D eigenvalue weighted by atomic mass is 10.1. The Morgan fingerprint density at radius 2 is 1.80 bits per heavy atom. The lowest BCUT2D eigenvalue weighted by Gasteiger charge is -2.03. The third-order valence-corrected chi connectivity index (χ3v) is 2.35. The summed E-state index contributed by atoms with van der Waals surface area (Å²) in [4.78, 5) is 10.9. The molecule has 0 aromatic heterocycles. The lowest BCUT2D eigenvalue weighted by Crippen LogP contribution is -1.89. The van der Waals surface area contributed by atoms with Crippen LogP contribution in [0.5, 0.6) is 11.5 Å². The van der Waals surface area contributed by atoms with Crippen molar-refractivity contribution in [3.63, 3.8) is 0 Å². The smallest absolute Gasteiger partial charge is 0.256 e. The summed E-state index contributed by atoms with van der Waals surface area (Å²) in [7, 11) is 0. The van der Waals surface area contributed by atoms with Crippen molar-refractivity contribution in [3.05, 3.63) is 35.9 Å². The molecular formula is C11H7ClO3. The third-order valence-electron chi connectivity index (χ3n) is 2.15. The normalized spacial score (nSPS) is 10.5. The first kappa shape index (κ1) is 9.80. The minimum Gasteiger partial charge on any atom is -0.508 e. The number of carbonyl (C=O) groups is 1. The van der Waals surface area contributed by atoms with Crippen molar-refractivity contribution in [1.82, 2.24) is 0 Å². The van der Waals surface area contributed by atoms with Gasteiger partial charge in [0.25, 0.3) is 5.24 Å². The standard InChI is InChI=1S/C11H7ClO3/c12-11(15)9-4-7-3-8(13)2-1-6(7)5-10(9)14/h1-5,13-14H. The van der Waals surface area contributed by atoms with Crippen LogP contribution in [0, 0.1) is 0 Å². The molecule has 0 unspecified atom stereocenters. The SMILES string of the molecule is O=C(Cl)c1cc2cc(O)ccc2cc1O. The van der Waals surface area contributed by atoms with E-state index in [4.69, 9.17) is 11.6 Å². The molecule has 0 fully saturated rings. The van der Waals surface area contributed by atoms with Gasteiger partial charge in [-0.2, -0.15) is 0 Å². The maximum absolute atomic E-state index is 10.9. The predicted molar refractivity (Wildman–Crippen MR) is 57.5 cm³/mol. The van der Waals surface area contributed by atoms with Gasteiger partial charge in [0.15, 0.2) is 0 Å². The van der Waals surface area contributed by atoms with Crippen LogP contribution in [-0.4, -0.2) is 15.5 Å². The minimum absolute atomic E-state index is 0.0368. The van der Waals surface area contributed by atoms with Crippen molar-refractivity contribution in [2.75, 3.05) is 0 Å². The zero-order chi connectivity index (χ0) is 11.0. The van der Waals surface area contributed by atoms with Crippen molar-refractivity contribution in [2.24, 2.45) is 0 Å². The van der Waals surface area contributed by atoms with Crippen LogP contribution in [0.3, 0.4) is 0 Å². The fourth-order valence-corrected chi connectivity index (χ4v) is 1.58. The molecule has 0 spiro atoms. The molecule has 15 heavy (non-hydrogen) atoms. The van der Waals surface area contributed by atoms with Gasteiger partial charge in [-0.05, 0) is 46.6 Å². The average Bonchev–Trinajstić information content (AvgIpc) is 2.17. The maximum Gasteiger partial charge on any atom is 0.256 e. The molecular weight excluding hydrogens is 216 g/mol. The molecule has 0 aliphatic heterocycles. The van der Waals surface area contributed by atoms with Gasteiger partial charge in [0.2, 0.25) is 0 Å². The highest BCUT2D eigenvalue weighted by Gasteiger charge is 2.09. The Morgan fingerprint density at radius 3 is 2.47 bits per heavy atom. The van der Waals surface area contributed by atoms with Crippen LogP contribution in [0.25, 0.3) is 10.8 Å². The molecule has 0 atom stereocenters. The van der Waals surface area contributed by atoms with Gasteiger partial charge in [-0.25, -0.2) is 0 Å². The van der Waals surface area contributed by atoms with Crippen LogP contribution in [-0.2, 0) is 0 Å². The Hall–Kier alpha value is -1.74. The van der Waals surface area contributed by atoms with E-state index in [1.165, 1.54) is 24.3 Å². The first-order chi connectivity index (χ1) is 7.08. The topological polar surface area (TPSA) is 57.5 Å². The van der Waals surface area contributed by atoms with E-state index in [-0.39, 0.29) is 17.1 Å². The molecule has 2 N–H and O–H groups in total. The average molecular weight is 223 g/mol. The summed E-state index contributed by atoms with van der Waals surface area (Å²) in [5.74, 6) is -0.0608. The van der Waals surface area contributed by atoms with Gasteiger partial charge in [-0.3, -0.25) is 4.79 Å². The summed E-state index contributed by atoms with van der Waals surface area (Å²) in [5.41, 5.74) is 0.0368. The second-order valence-corrected chi connectivity index (χ2v) is 3.52. The molecule has 0 heterocycles. The fraction of sp³-hybridized carbons (Fsp3) is 0. The van der Waals surface area contributed by atoms with E-state index in [0.29, 0.717) is 5.39 Å². The van der Waals surface area contributed by atoms with Gasteiger partial charge in [0.1, 0.15) is 11.5 Å². The van der Waals surface area contributed by atoms with Gasteiger partial charge < -0.3 is 10.2 Å². The Kier molecular flexibility index (Phi) is 2.25. The van der Waals surface area contributed by atoms with Crippen LogP contribution in [0.1, 0.15) is 10.4 Å². The number of benzene rings is 2. The van der Waals surface area contributed by atoms with E-state index in [2.05, 4.69) is 0 Å². The quantitative estimate of drug-likeness (QED) is 0.730. The molecule has 2 aromatic carbocycles. The number of phenolic OH excluding ortho intramolecular Hbond substituents is 2. The van der Waals surface area contributed by atoms with Crippen molar-refractivity contribution in [3.8, 4) is 11.5 Å². The maximum atomic E-state index is 10.9. The van der Waals surface area contributed by atoms with Crippen molar-refractivity contribution < 1.29 is 15.0 Å². The monoisotopic (exact) mass is 222 g/mol. The highest BCUT2D eigenvalue weighted by molar-refractivity contribution is 6.68. The molecule has 4 heteroatoms. The molecule has 0 saturated carbocycles. The predicted octanol–water partition coefficient (Wildman–Crippen LogP) is 2.63. The van der Waals surface area contributed by atoms with E-state index >= 15 is 0 Å². The van der Waals surface area contributed by atoms with Crippen LogP contribution in [0.15, 0.2) is 30.3 Å². The largest absolute Gasteiger partial charge is 0.508 e. The minimum atomic E-state index is -0.724. The number of rotatable bonds is 1. The number of hydrogen-bond acceptors (Lipinski definition) is 3. The molecule has 0 bridgehead atoms. The molecule has 0 aliphatic rings. The van der Waals surface area contributed by atoms with E-state index < -0.39 is 5.24 Å². The Balaban J connectivity index is 2.77. The van der Waals surface area contributed by atoms with Gasteiger partial charge in [-0.15, -0.1) is 0 Å². The number of aromatic hydroxyl groups is 2. The number of carbonyl (C=O) groups excluding carboxylic acids is 1. The van der Waals surface area contributed by atoms with E-state index in [1.807, 2.05) is 0 Å². The highest BCUT2D eigenvalue weighted by atomic mass is 35.5. The fourth-order valence-electron chi connectivity index (χ4n) is 1.43. The van der Waals surface area contributed by atoms with Crippen LogP contribution in [0.2, 0.25) is 0 Å². The molecule has 3 nitrogen and oxygen atoms in total. The molecule has 0 aliphatic carbocycles. The van der Waals surface area contributed by atoms with Gasteiger partial charge in [0, 0.05) is 0 Å². The van der Waals surface area contributed by atoms with Gasteiger partial charge in [0.05, 0.1) is 5.56 Å². The number of phenols is 2. The van der Waals surface area contributed by atoms with E-state index in [1.54, 1.807) is 6.07 Å². The van der Waals surface area contributed by atoms with Crippen LogP contribution >= 0.6 is 11.6 Å². The summed E-state index contributed by atoms with van der Waals surface area (Å²) < 4.78 is 0. The second kappa shape index (κ2) is 3.44. The summed E-state index contributed by atoms with van der Waals surface area (Å²) in [6, 6.07) is 7.53. The third kappa shape index (κ3) is 1.74. The Bertz CT molecular complexity index is 549. The summed E-state index contributed by atoms with van der Waals surface area (Å²) in [5, 5.41) is 19.4. The van der Waals surface area contributed by atoms with E-state index in [9.17, 15) is 15.0 Å². The molecule has 2 aromatic rings. The van der Waals surface area contributed by atoms with Crippen molar-refractivity contribution >= 4 is 27.6 Å². The zero-order valence-electron chi connectivity index (χ0n) is 7.57. The number of halogens is 1. The number of hydrogen-bond donors (Lipinski definition) is 2. The second-order valence-electron chi connectivity index (χ2n) is 3.17. The molecule has 0 amide bonds. The summed E-state index contributed by atoms with van der Waals surface area (Å²) in [6.07, 6.45) is 0. The summed E-state index contributed by atoms with van der Waals surface area (Å²) in [6.45, 7) is 0. The first-order valence-corrected chi connectivity index (χ1v) is 4.61. The van der Waals surface area contributed by atoms with Crippen LogP contribution in [0.4, 0.5) is 0 Å². The molecule has 0 saturated heterocycles. The molecule has 76 valence electrons. The van der Waals surface area contributed by atoms with Gasteiger partial charge >= 0.3 is 0 Å². The highest BCUT2D eigenvalue weighted by Crippen LogP contribution is 2.28. The Morgan fingerprint density at radius 1 is 1.07 bits per heavy atom. The summed E-state index contributed by atoms with van der Waals surface area (Å²) >= 11 is 5.29. The van der Waals surface area contributed by atoms with Crippen molar-refractivity contribution in [2.45, 2.75) is 0 Å². The number of fused-ring (bicyclic) bond motifs is 1. The zero-order valence-corrected chi connectivity index (χ0v) is 8.32. The first-order valence-electron chi connectivity index (χ1n) is 4.23. The van der Waals surface area contributed by atoms with Gasteiger partial charge in [-0.1, -0.05) is 6.07 Å². The van der Waals surface area contributed by atoms with Crippen LogP contribution < -0.4 is 0 Å². The molecule has 2 rings (SSSR count). The Labute approximate surface area is 90.5 Å². The molecule has 0 radical (unpaired) electrons. The van der Waals surface area contributed by atoms with Crippen molar-refractivity contribution in [1.29, 1.82) is 0 Å². The van der Waals surface area contributed by atoms with E-state index in [0.717, 1.165) is 5.39 Å². The lowest BCUT2D eigenvalue weighted by molar-refractivity contribution is 0.107.